The van der Waals surface area contributed by atoms with Gasteiger partial charge in [-0.15, -0.1) is 0 Å². The van der Waals surface area contributed by atoms with E-state index in [1.165, 1.54) is 4.57 Å². The van der Waals surface area contributed by atoms with Gasteiger partial charge in [0.25, 0.3) is 5.56 Å². The van der Waals surface area contributed by atoms with Crippen molar-refractivity contribution in [1.82, 2.24) is 28.6 Å². The summed E-state index contributed by atoms with van der Waals surface area (Å²) < 4.78 is 10.8. The zero-order valence-corrected chi connectivity index (χ0v) is 21.4. The van der Waals surface area contributed by atoms with E-state index in [9.17, 15) is 14.7 Å². The van der Waals surface area contributed by atoms with Gasteiger partial charge in [0.05, 0.1) is 13.2 Å². The number of H-pyrrole nitrogens is 1. The van der Waals surface area contributed by atoms with E-state index in [2.05, 4.69) is 24.3 Å². The lowest BCUT2D eigenvalue weighted by molar-refractivity contribution is 0.109. The number of imidazole rings is 1. The van der Waals surface area contributed by atoms with Crippen molar-refractivity contribution in [3.05, 3.63) is 50.3 Å². The molecule has 1 aliphatic rings. The summed E-state index contributed by atoms with van der Waals surface area (Å²) >= 11 is 0. The van der Waals surface area contributed by atoms with Crippen molar-refractivity contribution in [2.45, 2.75) is 26.5 Å². The molecule has 1 atom stereocenters. The number of rotatable bonds is 6. The number of hydrogen-bond acceptors (Lipinski definition) is 7. The van der Waals surface area contributed by atoms with Crippen molar-refractivity contribution in [1.29, 1.82) is 0 Å². The molecule has 4 aromatic rings. The SMILES string of the molecule is CCn1c(N2CCN(C[C@H](O)c3c(C)n(C)c4ccc(OC)cc34)CC2)nc2c1c(=O)[nH]c(=O)n2C. The third-order valence-electron chi connectivity index (χ3n) is 7.47. The summed E-state index contributed by atoms with van der Waals surface area (Å²) in [6.45, 7) is 7.96. The van der Waals surface area contributed by atoms with Crippen molar-refractivity contribution in [2.75, 3.05) is 44.7 Å². The van der Waals surface area contributed by atoms with Crippen LogP contribution in [0.2, 0.25) is 0 Å². The highest BCUT2D eigenvalue weighted by Crippen LogP contribution is 2.33. The number of aromatic nitrogens is 5. The summed E-state index contributed by atoms with van der Waals surface area (Å²) in [5, 5.41) is 12.3. The van der Waals surface area contributed by atoms with Crippen molar-refractivity contribution >= 4 is 28.0 Å². The standard InChI is InChI=1S/C25H33N7O4/c1-6-32-21-22(29(4)25(35)27-23(21)34)26-24(32)31-11-9-30(10-12-31)14-19(33)20-15(2)28(3)18-8-7-16(36-5)13-17(18)20/h7-8,13,19,33H,6,9-12,14H2,1-5H3,(H,27,34,35)/t19-/m0/s1. The number of fused-ring (bicyclic) bond motifs is 2. The molecular weight excluding hydrogens is 462 g/mol. The predicted octanol–water partition coefficient (Wildman–Crippen LogP) is 1.11. The Hall–Kier alpha value is -3.57. The first-order chi connectivity index (χ1) is 17.2. The van der Waals surface area contributed by atoms with Crippen LogP contribution in [0.1, 0.15) is 24.3 Å². The minimum absolute atomic E-state index is 0.389. The van der Waals surface area contributed by atoms with E-state index in [1.807, 2.05) is 43.7 Å². The van der Waals surface area contributed by atoms with Gasteiger partial charge in [0.1, 0.15) is 5.75 Å². The van der Waals surface area contributed by atoms with Crippen LogP contribution in [0.25, 0.3) is 22.1 Å². The van der Waals surface area contributed by atoms with E-state index < -0.39 is 17.4 Å². The number of piperazine rings is 1. The second-order valence-electron chi connectivity index (χ2n) is 9.39. The van der Waals surface area contributed by atoms with Gasteiger partial charge >= 0.3 is 5.69 Å². The Morgan fingerprint density at radius 3 is 2.53 bits per heavy atom. The number of aliphatic hydroxyl groups is 1. The van der Waals surface area contributed by atoms with Gasteiger partial charge in [-0.3, -0.25) is 19.2 Å². The van der Waals surface area contributed by atoms with E-state index in [-0.39, 0.29) is 0 Å². The van der Waals surface area contributed by atoms with Crippen LogP contribution in [0.4, 0.5) is 5.95 Å². The molecule has 5 rings (SSSR count). The van der Waals surface area contributed by atoms with E-state index >= 15 is 0 Å². The van der Waals surface area contributed by atoms with Gasteiger partial charge < -0.3 is 23.9 Å². The van der Waals surface area contributed by atoms with Gasteiger partial charge in [-0.1, -0.05) is 0 Å². The Morgan fingerprint density at radius 1 is 1.14 bits per heavy atom. The highest BCUT2D eigenvalue weighted by molar-refractivity contribution is 5.87. The summed E-state index contributed by atoms with van der Waals surface area (Å²) in [5.74, 6) is 1.46. The quantitative estimate of drug-likeness (QED) is 0.412. The van der Waals surface area contributed by atoms with E-state index in [0.29, 0.717) is 43.3 Å². The summed E-state index contributed by atoms with van der Waals surface area (Å²) in [4.78, 5) is 36.0. The number of β-amino-alcohol motifs (C(OH)–C–C–N with tert-alkyl or cyclic N) is 1. The number of aromatic amines is 1. The van der Waals surface area contributed by atoms with Gasteiger partial charge in [0.15, 0.2) is 11.2 Å². The fourth-order valence-corrected chi connectivity index (χ4v) is 5.36. The third kappa shape index (κ3) is 3.79. The zero-order chi connectivity index (χ0) is 25.7. The monoisotopic (exact) mass is 495 g/mol. The Kier molecular flexibility index (Phi) is 6.13. The van der Waals surface area contributed by atoms with Crippen molar-refractivity contribution < 1.29 is 9.84 Å². The second kappa shape index (κ2) is 9.14. The van der Waals surface area contributed by atoms with Gasteiger partial charge in [0.2, 0.25) is 5.95 Å². The van der Waals surface area contributed by atoms with Gasteiger partial charge in [-0.25, -0.2) is 4.79 Å². The molecular formula is C25H33N7O4. The van der Waals surface area contributed by atoms with Crippen LogP contribution in [-0.4, -0.2) is 73.5 Å². The van der Waals surface area contributed by atoms with Crippen molar-refractivity contribution in [2.24, 2.45) is 14.1 Å². The maximum Gasteiger partial charge on any atom is 0.329 e. The number of nitrogens with zero attached hydrogens (tertiary/aromatic N) is 6. The van der Waals surface area contributed by atoms with Crippen LogP contribution >= 0.6 is 0 Å². The number of aliphatic hydroxyl groups excluding tert-OH is 1. The summed E-state index contributed by atoms with van der Waals surface area (Å²) in [5.41, 5.74) is 2.95. The molecule has 0 radical (unpaired) electrons. The van der Waals surface area contributed by atoms with Crippen LogP contribution in [0.3, 0.4) is 0 Å². The molecule has 0 aliphatic carbocycles. The van der Waals surface area contributed by atoms with Crippen LogP contribution in [-0.2, 0) is 20.6 Å². The summed E-state index contributed by atoms with van der Waals surface area (Å²) in [6, 6.07) is 5.95. The lowest BCUT2D eigenvalue weighted by Gasteiger charge is -2.36. The van der Waals surface area contributed by atoms with E-state index in [4.69, 9.17) is 4.74 Å². The molecule has 11 nitrogen and oxygen atoms in total. The molecule has 1 aromatic carbocycles. The Bertz CT molecular complexity index is 1550. The van der Waals surface area contributed by atoms with Gasteiger partial charge in [-0.2, -0.15) is 4.98 Å². The van der Waals surface area contributed by atoms with Crippen LogP contribution in [0, 0.1) is 6.92 Å². The van der Waals surface area contributed by atoms with Crippen LogP contribution in [0.5, 0.6) is 5.75 Å². The predicted molar refractivity (Wildman–Crippen MR) is 139 cm³/mol. The van der Waals surface area contributed by atoms with E-state index in [1.54, 1.807) is 14.2 Å². The molecule has 1 saturated heterocycles. The first kappa shape index (κ1) is 24.1. The third-order valence-corrected chi connectivity index (χ3v) is 7.47. The highest BCUT2D eigenvalue weighted by atomic mass is 16.5. The summed E-state index contributed by atoms with van der Waals surface area (Å²) in [7, 11) is 5.27. The van der Waals surface area contributed by atoms with Gasteiger partial charge in [0, 0.05) is 75.5 Å². The topological polar surface area (TPSA) is 114 Å². The molecule has 3 aromatic heterocycles. The van der Waals surface area contributed by atoms with Gasteiger partial charge in [-0.05, 0) is 32.0 Å². The maximum absolute atomic E-state index is 12.5. The highest BCUT2D eigenvalue weighted by Gasteiger charge is 2.27. The minimum atomic E-state index is -0.638. The number of ether oxygens (including phenoxy) is 1. The maximum atomic E-state index is 12.5. The van der Waals surface area contributed by atoms with Crippen LogP contribution < -0.4 is 20.9 Å². The summed E-state index contributed by atoms with van der Waals surface area (Å²) in [6.07, 6.45) is -0.638. The molecule has 36 heavy (non-hydrogen) atoms. The van der Waals surface area contributed by atoms with Crippen molar-refractivity contribution in [3.8, 4) is 5.75 Å². The number of aryl methyl sites for hydroxylation is 3. The molecule has 0 bridgehead atoms. The number of benzene rings is 1. The van der Waals surface area contributed by atoms with Crippen molar-refractivity contribution in [3.63, 3.8) is 0 Å². The zero-order valence-electron chi connectivity index (χ0n) is 21.4. The lowest BCUT2D eigenvalue weighted by atomic mass is 10.0. The molecule has 0 saturated carbocycles. The Balaban J connectivity index is 1.36. The Labute approximate surface area is 208 Å². The second-order valence-corrected chi connectivity index (χ2v) is 9.39. The Morgan fingerprint density at radius 2 is 1.86 bits per heavy atom. The first-order valence-corrected chi connectivity index (χ1v) is 12.2. The number of anilines is 1. The van der Waals surface area contributed by atoms with Crippen LogP contribution in [0.15, 0.2) is 27.8 Å². The molecule has 0 amide bonds. The minimum Gasteiger partial charge on any atom is -0.497 e. The fourth-order valence-electron chi connectivity index (χ4n) is 5.36. The van der Waals surface area contributed by atoms with E-state index in [0.717, 1.165) is 41.0 Å². The average molecular weight is 496 g/mol. The number of nitrogens with one attached hydrogen (secondary N) is 1. The smallest absolute Gasteiger partial charge is 0.329 e. The normalized spacial score (nSPS) is 15.8. The largest absolute Gasteiger partial charge is 0.497 e. The molecule has 1 aliphatic heterocycles. The lowest BCUT2D eigenvalue weighted by Crippen LogP contribution is -2.48. The fraction of sp³-hybridized carbons (Fsp3) is 0.480. The molecule has 0 unspecified atom stereocenters. The number of hydrogen-bond donors (Lipinski definition) is 2. The molecule has 0 spiro atoms. The molecule has 11 heteroatoms. The number of methoxy groups -OCH3 is 1. The molecule has 1 fully saturated rings. The molecule has 192 valence electrons. The molecule has 4 heterocycles. The first-order valence-electron chi connectivity index (χ1n) is 12.2. The molecule has 2 N–H and O–H groups in total. The average Bonchev–Trinajstić information content (AvgIpc) is 3.38.